The van der Waals surface area contributed by atoms with Crippen LogP contribution in [0.25, 0.3) is 0 Å². The molecule has 1 heterocycles. The standard InChI is InChI=1S/C15H19NO4/c17-13-9-5-1-2-6-10(9)14(18)16(13)12-8-4-3-7-11(12)15(19)20/h1-2,9-12H,3-8H2,(H,19,20). The Morgan fingerprint density at radius 3 is 2.15 bits per heavy atom. The molecule has 5 heteroatoms. The van der Waals surface area contributed by atoms with Gasteiger partial charge in [0.2, 0.25) is 11.8 Å². The predicted octanol–water partition coefficient (Wildman–Crippen LogP) is 1.58. The summed E-state index contributed by atoms with van der Waals surface area (Å²) < 4.78 is 0. The average molecular weight is 277 g/mol. The van der Waals surface area contributed by atoms with Crippen molar-refractivity contribution in [2.45, 2.75) is 44.6 Å². The molecular formula is C15H19NO4. The second kappa shape index (κ2) is 5.04. The minimum atomic E-state index is -0.886. The van der Waals surface area contributed by atoms with Crippen LogP contribution in [-0.4, -0.2) is 33.8 Å². The monoisotopic (exact) mass is 277 g/mol. The van der Waals surface area contributed by atoms with Crippen LogP contribution in [0.1, 0.15) is 38.5 Å². The van der Waals surface area contributed by atoms with E-state index in [1.165, 1.54) is 4.90 Å². The molecule has 3 rings (SSSR count). The number of nitrogens with zero attached hydrogens (tertiary/aromatic N) is 1. The van der Waals surface area contributed by atoms with Crippen LogP contribution in [0.4, 0.5) is 0 Å². The maximum absolute atomic E-state index is 12.5. The Morgan fingerprint density at radius 2 is 1.60 bits per heavy atom. The molecule has 2 fully saturated rings. The molecule has 5 nitrogen and oxygen atoms in total. The number of carboxylic acids is 1. The second-order valence-electron chi connectivity index (χ2n) is 6.00. The maximum Gasteiger partial charge on any atom is 0.308 e. The van der Waals surface area contributed by atoms with Crippen LogP contribution in [0, 0.1) is 17.8 Å². The van der Waals surface area contributed by atoms with Gasteiger partial charge in [0.1, 0.15) is 0 Å². The van der Waals surface area contributed by atoms with Gasteiger partial charge < -0.3 is 5.11 Å². The number of likely N-dealkylation sites (tertiary alicyclic amines) is 1. The number of rotatable bonds is 2. The fourth-order valence-corrected chi connectivity index (χ4v) is 3.86. The van der Waals surface area contributed by atoms with Gasteiger partial charge in [-0.2, -0.15) is 0 Å². The van der Waals surface area contributed by atoms with Crippen molar-refractivity contribution < 1.29 is 19.5 Å². The zero-order valence-electron chi connectivity index (χ0n) is 11.3. The molecule has 4 unspecified atom stereocenters. The third kappa shape index (κ3) is 1.96. The Balaban J connectivity index is 1.87. The molecular weight excluding hydrogens is 258 g/mol. The number of hydrogen-bond donors (Lipinski definition) is 1. The topological polar surface area (TPSA) is 74.7 Å². The van der Waals surface area contributed by atoms with Crippen molar-refractivity contribution in [3.8, 4) is 0 Å². The molecule has 0 radical (unpaired) electrons. The first kappa shape index (κ1) is 13.3. The van der Waals surface area contributed by atoms with Crippen LogP contribution >= 0.6 is 0 Å². The van der Waals surface area contributed by atoms with E-state index in [-0.39, 0.29) is 23.7 Å². The number of carboxylic acid groups (broad SMARTS) is 1. The molecule has 0 bridgehead atoms. The lowest BCUT2D eigenvalue weighted by Crippen LogP contribution is -2.48. The van der Waals surface area contributed by atoms with E-state index in [1.54, 1.807) is 0 Å². The van der Waals surface area contributed by atoms with Gasteiger partial charge in [0.05, 0.1) is 23.8 Å². The summed E-state index contributed by atoms with van der Waals surface area (Å²) in [6.07, 6.45) is 8.05. The lowest BCUT2D eigenvalue weighted by atomic mass is 9.83. The van der Waals surface area contributed by atoms with Crippen LogP contribution in [0.3, 0.4) is 0 Å². The second-order valence-corrected chi connectivity index (χ2v) is 6.00. The van der Waals surface area contributed by atoms with Crippen molar-refractivity contribution >= 4 is 17.8 Å². The molecule has 4 atom stereocenters. The Hall–Kier alpha value is -1.65. The first-order valence-electron chi connectivity index (χ1n) is 7.36. The van der Waals surface area contributed by atoms with E-state index < -0.39 is 17.9 Å². The van der Waals surface area contributed by atoms with Gasteiger partial charge in [-0.25, -0.2) is 0 Å². The maximum atomic E-state index is 12.5. The summed E-state index contributed by atoms with van der Waals surface area (Å²) in [6, 6.07) is -0.438. The van der Waals surface area contributed by atoms with Crippen molar-refractivity contribution in [1.82, 2.24) is 4.90 Å². The molecule has 0 spiro atoms. The highest BCUT2D eigenvalue weighted by Gasteiger charge is 2.52. The van der Waals surface area contributed by atoms with E-state index in [9.17, 15) is 19.5 Å². The van der Waals surface area contributed by atoms with Crippen LogP contribution in [0.5, 0.6) is 0 Å². The Bertz CT molecular complexity index is 458. The fourth-order valence-electron chi connectivity index (χ4n) is 3.86. The molecule has 3 aliphatic rings. The third-order valence-electron chi connectivity index (χ3n) is 4.92. The Kier molecular flexibility index (Phi) is 3.36. The molecule has 0 aromatic heterocycles. The SMILES string of the molecule is O=C(O)C1CCCCC1N1C(=O)C2CC=CCC2C1=O. The molecule has 1 saturated carbocycles. The number of hydrogen-bond acceptors (Lipinski definition) is 3. The number of carbonyl (C=O) groups is 3. The van der Waals surface area contributed by atoms with E-state index in [0.29, 0.717) is 25.7 Å². The highest BCUT2D eigenvalue weighted by molar-refractivity contribution is 6.06. The summed E-state index contributed by atoms with van der Waals surface area (Å²) in [6.45, 7) is 0. The summed E-state index contributed by atoms with van der Waals surface area (Å²) in [7, 11) is 0. The summed E-state index contributed by atoms with van der Waals surface area (Å²) in [5.74, 6) is -2.30. The lowest BCUT2D eigenvalue weighted by Gasteiger charge is -2.34. The predicted molar refractivity (Wildman–Crippen MR) is 70.6 cm³/mol. The lowest BCUT2D eigenvalue weighted by molar-refractivity contribution is -0.151. The van der Waals surface area contributed by atoms with Gasteiger partial charge in [-0.05, 0) is 25.7 Å². The minimum Gasteiger partial charge on any atom is -0.481 e. The van der Waals surface area contributed by atoms with Crippen LogP contribution in [-0.2, 0) is 14.4 Å². The summed E-state index contributed by atoms with van der Waals surface area (Å²) >= 11 is 0. The molecule has 0 aromatic rings. The molecule has 1 saturated heterocycles. The smallest absolute Gasteiger partial charge is 0.308 e. The zero-order valence-corrected chi connectivity index (χ0v) is 11.3. The van der Waals surface area contributed by atoms with Gasteiger partial charge in [-0.15, -0.1) is 0 Å². The van der Waals surface area contributed by atoms with Gasteiger partial charge in [0.25, 0.3) is 0 Å². The molecule has 2 aliphatic carbocycles. The summed E-state index contributed by atoms with van der Waals surface area (Å²) in [5, 5.41) is 9.34. The number of amides is 2. The summed E-state index contributed by atoms with van der Waals surface area (Å²) in [4.78, 5) is 37.7. The van der Waals surface area contributed by atoms with Crippen molar-refractivity contribution in [2.75, 3.05) is 0 Å². The number of aliphatic carboxylic acids is 1. The van der Waals surface area contributed by atoms with E-state index >= 15 is 0 Å². The molecule has 20 heavy (non-hydrogen) atoms. The zero-order chi connectivity index (χ0) is 14.3. The van der Waals surface area contributed by atoms with Gasteiger partial charge >= 0.3 is 5.97 Å². The largest absolute Gasteiger partial charge is 0.481 e. The first-order valence-corrected chi connectivity index (χ1v) is 7.36. The van der Waals surface area contributed by atoms with Gasteiger partial charge in [0, 0.05) is 0 Å². The van der Waals surface area contributed by atoms with Crippen molar-refractivity contribution in [1.29, 1.82) is 0 Å². The van der Waals surface area contributed by atoms with E-state index in [0.717, 1.165) is 12.8 Å². The van der Waals surface area contributed by atoms with E-state index in [4.69, 9.17) is 0 Å². The molecule has 1 aliphatic heterocycles. The van der Waals surface area contributed by atoms with Gasteiger partial charge in [-0.3, -0.25) is 19.3 Å². The van der Waals surface area contributed by atoms with Gasteiger partial charge in [-0.1, -0.05) is 25.0 Å². The first-order chi connectivity index (χ1) is 9.61. The van der Waals surface area contributed by atoms with Crippen molar-refractivity contribution in [3.63, 3.8) is 0 Å². The summed E-state index contributed by atoms with van der Waals surface area (Å²) in [5.41, 5.74) is 0. The molecule has 2 amide bonds. The number of carbonyl (C=O) groups excluding carboxylic acids is 2. The Labute approximate surface area is 117 Å². The normalized spacial score (nSPS) is 37.1. The van der Waals surface area contributed by atoms with Crippen molar-refractivity contribution in [3.05, 3.63) is 12.2 Å². The fraction of sp³-hybridized carbons (Fsp3) is 0.667. The third-order valence-corrected chi connectivity index (χ3v) is 4.92. The number of fused-ring (bicyclic) bond motifs is 1. The highest BCUT2D eigenvalue weighted by Crippen LogP contribution is 2.40. The molecule has 1 N–H and O–H groups in total. The quantitative estimate of drug-likeness (QED) is 0.614. The number of imide groups is 1. The van der Waals surface area contributed by atoms with Crippen LogP contribution in [0.2, 0.25) is 0 Å². The van der Waals surface area contributed by atoms with Crippen LogP contribution < -0.4 is 0 Å². The van der Waals surface area contributed by atoms with Crippen molar-refractivity contribution in [2.24, 2.45) is 17.8 Å². The Morgan fingerprint density at radius 1 is 1.05 bits per heavy atom. The van der Waals surface area contributed by atoms with Gasteiger partial charge in [0.15, 0.2) is 0 Å². The molecule has 0 aromatic carbocycles. The minimum absolute atomic E-state index is 0.150. The molecule has 108 valence electrons. The highest BCUT2D eigenvalue weighted by atomic mass is 16.4. The van der Waals surface area contributed by atoms with E-state index in [2.05, 4.69) is 0 Å². The average Bonchev–Trinajstić information content (AvgIpc) is 2.71. The van der Waals surface area contributed by atoms with Crippen LogP contribution in [0.15, 0.2) is 12.2 Å². The number of allylic oxidation sites excluding steroid dienone is 2. The van der Waals surface area contributed by atoms with E-state index in [1.807, 2.05) is 12.2 Å².